The van der Waals surface area contributed by atoms with Crippen LogP contribution in [0.2, 0.25) is 0 Å². The summed E-state index contributed by atoms with van der Waals surface area (Å²) in [6.07, 6.45) is 1.62. The summed E-state index contributed by atoms with van der Waals surface area (Å²) in [5.74, 6) is 0.897. The lowest BCUT2D eigenvalue weighted by atomic mass is 10.1. The van der Waals surface area contributed by atoms with Gasteiger partial charge in [-0.1, -0.05) is 24.8 Å². The van der Waals surface area contributed by atoms with Gasteiger partial charge in [0.25, 0.3) is 0 Å². The molecule has 1 aromatic rings. The van der Waals surface area contributed by atoms with Gasteiger partial charge in [-0.3, -0.25) is 0 Å². The third kappa shape index (κ3) is 4.17. The second-order valence-corrected chi connectivity index (χ2v) is 3.68. The maximum absolute atomic E-state index is 8.78. The summed E-state index contributed by atoms with van der Waals surface area (Å²) in [5.41, 5.74) is 2.15. The van der Waals surface area contributed by atoms with Crippen molar-refractivity contribution >= 4 is 0 Å². The minimum Gasteiger partial charge on any atom is -0.489 e. The zero-order valence-electron chi connectivity index (χ0n) is 9.20. The van der Waals surface area contributed by atoms with E-state index >= 15 is 0 Å². The van der Waals surface area contributed by atoms with E-state index in [2.05, 4.69) is 6.58 Å². The van der Waals surface area contributed by atoms with E-state index < -0.39 is 0 Å². The van der Waals surface area contributed by atoms with Crippen LogP contribution >= 0.6 is 0 Å². The molecule has 0 spiro atoms. The molecule has 2 nitrogen and oxygen atoms in total. The van der Waals surface area contributed by atoms with Gasteiger partial charge in [0.05, 0.1) is 0 Å². The zero-order valence-corrected chi connectivity index (χ0v) is 9.20. The highest BCUT2D eigenvalue weighted by Crippen LogP contribution is 2.19. The summed E-state index contributed by atoms with van der Waals surface area (Å²) in [5, 5.41) is 8.78. The SMILES string of the molecule is C=C(C)COc1ccccc1CCCO. The Labute approximate surface area is 91.2 Å². The number of aryl methyl sites for hydroxylation is 1. The first kappa shape index (κ1) is 11.8. The Morgan fingerprint density at radius 3 is 2.80 bits per heavy atom. The van der Waals surface area contributed by atoms with Gasteiger partial charge in [-0.05, 0) is 37.0 Å². The van der Waals surface area contributed by atoms with Crippen LogP contribution in [0.3, 0.4) is 0 Å². The molecule has 0 saturated heterocycles. The molecule has 2 heteroatoms. The third-order valence-electron chi connectivity index (χ3n) is 2.05. The van der Waals surface area contributed by atoms with Crippen molar-refractivity contribution in [2.45, 2.75) is 19.8 Å². The highest BCUT2D eigenvalue weighted by atomic mass is 16.5. The van der Waals surface area contributed by atoms with E-state index in [0.717, 1.165) is 29.7 Å². The monoisotopic (exact) mass is 206 g/mol. The average molecular weight is 206 g/mol. The Hall–Kier alpha value is -1.28. The molecular weight excluding hydrogens is 188 g/mol. The van der Waals surface area contributed by atoms with Crippen LogP contribution in [0.4, 0.5) is 0 Å². The third-order valence-corrected chi connectivity index (χ3v) is 2.05. The molecule has 0 bridgehead atoms. The van der Waals surface area contributed by atoms with Gasteiger partial charge in [0, 0.05) is 6.61 Å². The summed E-state index contributed by atoms with van der Waals surface area (Å²) in [7, 11) is 0. The first-order valence-corrected chi connectivity index (χ1v) is 5.20. The quantitative estimate of drug-likeness (QED) is 0.725. The molecule has 0 unspecified atom stereocenters. The minimum atomic E-state index is 0.217. The maximum atomic E-state index is 8.78. The zero-order chi connectivity index (χ0) is 11.1. The van der Waals surface area contributed by atoms with Gasteiger partial charge in [0.2, 0.25) is 0 Å². The van der Waals surface area contributed by atoms with Crippen molar-refractivity contribution in [2.24, 2.45) is 0 Å². The molecule has 0 aliphatic rings. The lowest BCUT2D eigenvalue weighted by molar-refractivity contribution is 0.287. The summed E-state index contributed by atoms with van der Waals surface area (Å²) in [6, 6.07) is 7.93. The molecule has 0 saturated carbocycles. The van der Waals surface area contributed by atoms with Crippen LogP contribution in [0.15, 0.2) is 36.4 Å². The maximum Gasteiger partial charge on any atom is 0.122 e. The first-order chi connectivity index (χ1) is 7.24. The first-order valence-electron chi connectivity index (χ1n) is 5.20. The van der Waals surface area contributed by atoms with Crippen molar-refractivity contribution < 1.29 is 9.84 Å². The number of para-hydroxylation sites is 1. The van der Waals surface area contributed by atoms with Gasteiger partial charge in [-0.25, -0.2) is 0 Å². The van der Waals surface area contributed by atoms with Crippen LogP contribution in [0.5, 0.6) is 5.75 Å². The van der Waals surface area contributed by atoms with E-state index in [1.165, 1.54) is 0 Å². The van der Waals surface area contributed by atoms with Crippen molar-refractivity contribution in [1.29, 1.82) is 0 Å². The van der Waals surface area contributed by atoms with Gasteiger partial charge < -0.3 is 9.84 Å². The molecule has 0 heterocycles. The second-order valence-electron chi connectivity index (χ2n) is 3.68. The molecule has 0 radical (unpaired) electrons. The number of aliphatic hydroxyl groups excluding tert-OH is 1. The largest absolute Gasteiger partial charge is 0.489 e. The predicted molar refractivity (Wildman–Crippen MR) is 62.2 cm³/mol. The van der Waals surface area contributed by atoms with Crippen molar-refractivity contribution in [3.05, 3.63) is 42.0 Å². The predicted octanol–water partition coefficient (Wildman–Crippen LogP) is 2.57. The number of ether oxygens (including phenoxy) is 1. The number of rotatable bonds is 6. The van der Waals surface area contributed by atoms with Crippen molar-refractivity contribution in [2.75, 3.05) is 13.2 Å². The molecule has 1 N–H and O–H groups in total. The fourth-order valence-corrected chi connectivity index (χ4v) is 1.32. The summed E-state index contributed by atoms with van der Waals surface area (Å²) in [6.45, 7) is 6.51. The van der Waals surface area contributed by atoms with E-state index in [4.69, 9.17) is 9.84 Å². The van der Waals surface area contributed by atoms with E-state index in [1.54, 1.807) is 0 Å². The fourth-order valence-electron chi connectivity index (χ4n) is 1.32. The summed E-state index contributed by atoms with van der Waals surface area (Å²) < 4.78 is 5.61. The lowest BCUT2D eigenvalue weighted by Gasteiger charge is -2.10. The number of benzene rings is 1. The molecule has 15 heavy (non-hydrogen) atoms. The summed E-state index contributed by atoms with van der Waals surface area (Å²) >= 11 is 0. The molecule has 0 amide bonds. The van der Waals surface area contributed by atoms with Crippen molar-refractivity contribution in [3.8, 4) is 5.75 Å². The van der Waals surface area contributed by atoms with Gasteiger partial charge in [0.1, 0.15) is 12.4 Å². The summed E-state index contributed by atoms with van der Waals surface area (Å²) in [4.78, 5) is 0. The average Bonchev–Trinajstić information content (AvgIpc) is 2.24. The Morgan fingerprint density at radius 1 is 1.40 bits per heavy atom. The highest BCUT2D eigenvalue weighted by molar-refractivity contribution is 5.33. The molecule has 0 fully saturated rings. The van der Waals surface area contributed by atoms with Crippen molar-refractivity contribution in [3.63, 3.8) is 0 Å². The topological polar surface area (TPSA) is 29.5 Å². The number of hydrogen-bond donors (Lipinski definition) is 1. The standard InChI is InChI=1S/C13H18O2/c1-11(2)10-15-13-8-4-3-6-12(13)7-5-9-14/h3-4,6,8,14H,1,5,7,9-10H2,2H3. The van der Waals surface area contributed by atoms with Crippen LogP contribution in [0.25, 0.3) is 0 Å². The molecule has 1 rings (SSSR count). The molecular formula is C13H18O2. The van der Waals surface area contributed by atoms with E-state index in [1.807, 2.05) is 31.2 Å². The Balaban J connectivity index is 2.63. The minimum absolute atomic E-state index is 0.217. The Bertz CT molecular complexity index is 318. The molecule has 82 valence electrons. The smallest absolute Gasteiger partial charge is 0.122 e. The number of hydrogen-bond acceptors (Lipinski definition) is 2. The fraction of sp³-hybridized carbons (Fsp3) is 0.385. The molecule has 1 aromatic carbocycles. The Kier molecular flexibility index (Phi) is 4.91. The lowest BCUT2D eigenvalue weighted by Crippen LogP contribution is -2.01. The number of aliphatic hydroxyl groups is 1. The van der Waals surface area contributed by atoms with E-state index in [0.29, 0.717) is 6.61 Å². The van der Waals surface area contributed by atoms with E-state index in [9.17, 15) is 0 Å². The van der Waals surface area contributed by atoms with Crippen molar-refractivity contribution in [1.82, 2.24) is 0 Å². The van der Waals surface area contributed by atoms with Gasteiger partial charge in [-0.2, -0.15) is 0 Å². The van der Waals surface area contributed by atoms with Crippen LogP contribution < -0.4 is 4.74 Å². The molecule has 0 aliphatic carbocycles. The highest BCUT2D eigenvalue weighted by Gasteiger charge is 2.02. The molecule has 0 atom stereocenters. The van der Waals surface area contributed by atoms with Crippen LogP contribution in [-0.2, 0) is 6.42 Å². The molecule has 0 aromatic heterocycles. The van der Waals surface area contributed by atoms with Gasteiger partial charge in [0.15, 0.2) is 0 Å². The van der Waals surface area contributed by atoms with Gasteiger partial charge in [-0.15, -0.1) is 0 Å². The Morgan fingerprint density at radius 2 is 2.13 bits per heavy atom. The van der Waals surface area contributed by atoms with E-state index in [-0.39, 0.29) is 6.61 Å². The van der Waals surface area contributed by atoms with Crippen LogP contribution in [0, 0.1) is 0 Å². The van der Waals surface area contributed by atoms with Crippen LogP contribution in [-0.4, -0.2) is 18.3 Å². The molecule has 0 aliphatic heterocycles. The van der Waals surface area contributed by atoms with Crippen LogP contribution in [0.1, 0.15) is 18.9 Å². The normalized spacial score (nSPS) is 10.0. The second kappa shape index (κ2) is 6.25. The van der Waals surface area contributed by atoms with Gasteiger partial charge >= 0.3 is 0 Å².